The highest BCUT2D eigenvalue weighted by Gasteiger charge is 2.20. The fourth-order valence-electron chi connectivity index (χ4n) is 3.42. The Bertz CT molecular complexity index is 884. The van der Waals surface area contributed by atoms with Crippen LogP contribution >= 0.6 is 0 Å². The van der Waals surface area contributed by atoms with E-state index in [0.29, 0.717) is 11.7 Å². The van der Waals surface area contributed by atoms with Crippen LogP contribution in [0.5, 0.6) is 11.5 Å². The van der Waals surface area contributed by atoms with Gasteiger partial charge < -0.3 is 14.8 Å². The summed E-state index contributed by atoms with van der Waals surface area (Å²) < 4.78 is 12.8. The summed E-state index contributed by atoms with van der Waals surface area (Å²) in [5.41, 5.74) is 2.85. The first-order valence-corrected chi connectivity index (χ1v) is 8.58. The first kappa shape index (κ1) is 15.9. The summed E-state index contributed by atoms with van der Waals surface area (Å²) in [6.45, 7) is 2.04. The van der Waals surface area contributed by atoms with Gasteiger partial charge in [-0.1, -0.05) is 12.1 Å². The van der Waals surface area contributed by atoms with Gasteiger partial charge in [-0.15, -0.1) is 0 Å². The number of methoxy groups -OCH3 is 2. The molecule has 6 heteroatoms. The van der Waals surface area contributed by atoms with Crippen LogP contribution in [-0.2, 0) is 0 Å². The fraction of sp³-hybridized carbons (Fsp3) is 0.368. The molecule has 1 aromatic carbocycles. The first-order valence-electron chi connectivity index (χ1n) is 8.58. The van der Waals surface area contributed by atoms with Crippen molar-refractivity contribution in [2.45, 2.75) is 18.8 Å². The molecule has 0 spiro atoms. The second kappa shape index (κ2) is 6.72. The molecule has 0 saturated carbocycles. The van der Waals surface area contributed by atoms with E-state index in [4.69, 9.17) is 19.6 Å². The van der Waals surface area contributed by atoms with Gasteiger partial charge in [0, 0.05) is 29.8 Å². The number of nitrogens with one attached hydrogen (secondary N) is 1. The normalized spacial score (nSPS) is 17.6. The summed E-state index contributed by atoms with van der Waals surface area (Å²) in [4.78, 5) is 4.70. The largest absolute Gasteiger partial charge is 0.493 e. The minimum absolute atomic E-state index is 0.392. The fourth-order valence-corrected chi connectivity index (χ4v) is 3.42. The molecule has 4 rings (SSSR count). The average molecular weight is 338 g/mol. The third-order valence-corrected chi connectivity index (χ3v) is 4.72. The molecule has 1 aliphatic heterocycles. The summed E-state index contributed by atoms with van der Waals surface area (Å²) in [5.74, 6) is 2.75. The molecule has 25 heavy (non-hydrogen) atoms. The second-order valence-corrected chi connectivity index (χ2v) is 6.27. The topological polar surface area (TPSA) is 60.7 Å². The van der Waals surface area contributed by atoms with Gasteiger partial charge in [-0.05, 0) is 37.6 Å². The van der Waals surface area contributed by atoms with Crippen LogP contribution in [0.3, 0.4) is 0 Å². The molecule has 1 N–H and O–H groups in total. The minimum atomic E-state index is 0.392. The van der Waals surface area contributed by atoms with E-state index in [1.54, 1.807) is 14.2 Å². The van der Waals surface area contributed by atoms with Crippen molar-refractivity contribution in [3.05, 3.63) is 42.4 Å². The number of pyridine rings is 1. The molecule has 1 fully saturated rings. The zero-order chi connectivity index (χ0) is 17.2. The maximum atomic E-state index is 5.56. The Morgan fingerprint density at radius 1 is 1.16 bits per heavy atom. The molecule has 1 atom stereocenters. The number of aromatic nitrogens is 3. The molecule has 0 amide bonds. The highest BCUT2D eigenvalue weighted by molar-refractivity contribution is 5.74. The number of piperidine rings is 1. The van der Waals surface area contributed by atoms with Crippen molar-refractivity contribution in [2.24, 2.45) is 0 Å². The van der Waals surface area contributed by atoms with Crippen molar-refractivity contribution in [1.29, 1.82) is 0 Å². The van der Waals surface area contributed by atoms with Crippen LogP contribution in [0.4, 0.5) is 0 Å². The summed E-state index contributed by atoms with van der Waals surface area (Å²) in [7, 11) is 3.30. The van der Waals surface area contributed by atoms with E-state index in [1.807, 2.05) is 41.0 Å². The molecule has 2 aromatic heterocycles. The molecule has 6 nitrogen and oxygen atoms in total. The summed E-state index contributed by atoms with van der Waals surface area (Å²) in [5, 5.41) is 8.14. The third-order valence-electron chi connectivity index (χ3n) is 4.72. The van der Waals surface area contributed by atoms with Crippen LogP contribution < -0.4 is 14.8 Å². The van der Waals surface area contributed by atoms with E-state index in [9.17, 15) is 0 Å². The Morgan fingerprint density at radius 2 is 2.08 bits per heavy atom. The zero-order valence-corrected chi connectivity index (χ0v) is 14.5. The lowest BCUT2D eigenvalue weighted by Crippen LogP contribution is -2.28. The summed E-state index contributed by atoms with van der Waals surface area (Å²) >= 11 is 0. The smallest absolute Gasteiger partial charge is 0.168 e. The number of hydrogen-bond donors (Lipinski definition) is 1. The van der Waals surface area contributed by atoms with E-state index >= 15 is 0 Å². The first-order chi connectivity index (χ1) is 12.3. The van der Waals surface area contributed by atoms with Crippen LogP contribution in [-0.4, -0.2) is 41.9 Å². The lowest BCUT2D eigenvalue weighted by atomic mass is 9.99. The van der Waals surface area contributed by atoms with Crippen LogP contribution in [0.15, 0.2) is 36.5 Å². The summed E-state index contributed by atoms with van der Waals surface area (Å²) in [6, 6.07) is 9.92. The van der Waals surface area contributed by atoms with Gasteiger partial charge >= 0.3 is 0 Å². The Hall–Kier alpha value is -2.60. The zero-order valence-electron chi connectivity index (χ0n) is 14.5. The van der Waals surface area contributed by atoms with E-state index in [-0.39, 0.29) is 0 Å². The SMILES string of the molecule is COc1cccc(-c2ccc3nc([C@H]4CCCNC4)nn3c2)c1OC. The Kier molecular flexibility index (Phi) is 4.28. The van der Waals surface area contributed by atoms with Gasteiger partial charge in [-0.3, -0.25) is 0 Å². The molecular weight excluding hydrogens is 316 g/mol. The quantitative estimate of drug-likeness (QED) is 0.793. The van der Waals surface area contributed by atoms with Crippen molar-refractivity contribution in [3.63, 3.8) is 0 Å². The van der Waals surface area contributed by atoms with Crippen molar-refractivity contribution in [2.75, 3.05) is 27.3 Å². The standard InChI is InChI=1S/C19H22N4O2/c1-24-16-7-3-6-15(18(16)25-2)14-8-9-17-21-19(22-23(17)12-14)13-5-4-10-20-11-13/h3,6-9,12-13,20H,4-5,10-11H2,1-2H3/t13-/m0/s1. The van der Waals surface area contributed by atoms with Crippen LogP contribution in [0.2, 0.25) is 0 Å². The number of para-hydroxylation sites is 1. The van der Waals surface area contributed by atoms with Crippen molar-refractivity contribution in [3.8, 4) is 22.6 Å². The molecule has 1 saturated heterocycles. The van der Waals surface area contributed by atoms with Crippen molar-refractivity contribution in [1.82, 2.24) is 19.9 Å². The minimum Gasteiger partial charge on any atom is -0.493 e. The van der Waals surface area contributed by atoms with E-state index in [0.717, 1.165) is 47.9 Å². The number of nitrogens with zero attached hydrogens (tertiary/aromatic N) is 3. The van der Waals surface area contributed by atoms with Crippen LogP contribution in [0, 0.1) is 0 Å². The van der Waals surface area contributed by atoms with Gasteiger partial charge in [0.2, 0.25) is 0 Å². The van der Waals surface area contributed by atoms with Crippen LogP contribution in [0.1, 0.15) is 24.6 Å². The van der Waals surface area contributed by atoms with E-state index in [2.05, 4.69) is 5.32 Å². The van der Waals surface area contributed by atoms with E-state index in [1.165, 1.54) is 6.42 Å². The third kappa shape index (κ3) is 2.93. The number of fused-ring (bicyclic) bond motifs is 1. The monoisotopic (exact) mass is 338 g/mol. The molecule has 3 heterocycles. The van der Waals surface area contributed by atoms with Gasteiger partial charge in [0.1, 0.15) is 0 Å². The number of rotatable bonds is 4. The average Bonchev–Trinajstić information content (AvgIpc) is 3.11. The number of ether oxygens (including phenoxy) is 2. The molecule has 0 unspecified atom stereocenters. The highest BCUT2D eigenvalue weighted by atomic mass is 16.5. The molecular formula is C19H22N4O2. The predicted molar refractivity (Wildman–Crippen MR) is 96.4 cm³/mol. The maximum absolute atomic E-state index is 5.56. The second-order valence-electron chi connectivity index (χ2n) is 6.27. The predicted octanol–water partition coefficient (Wildman–Crippen LogP) is 2.88. The summed E-state index contributed by atoms with van der Waals surface area (Å²) in [6.07, 6.45) is 4.31. The Morgan fingerprint density at radius 3 is 2.84 bits per heavy atom. The number of benzene rings is 1. The van der Waals surface area contributed by atoms with Gasteiger partial charge in [-0.2, -0.15) is 5.10 Å². The molecule has 0 bridgehead atoms. The van der Waals surface area contributed by atoms with Crippen LogP contribution in [0.25, 0.3) is 16.8 Å². The molecule has 3 aromatic rings. The molecule has 0 aliphatic carbocycles. The lowest BCUT2D eigenvalue weighted by molar-refractivity contribution is 0.356. The molecule has 1 aliphatic rings. The highest BCUT2D eigenvalue weighted by Crippen LogP contribution is 2.37. The van der Waals surface area contributed by atoms with Gasteiger partial charge in [-0.25, -0.2) is 9.50 Å². The maximum Gasteiger partial charge on any atom is 0.168 e. The van der Waals surface area contributed by atoms with Gasteiger partial charge in [0.25, 0.3) is 0 Å². The molecule has 0 radical (unpaired) electrons. The van der Waals surface area contributed by atoms with Crippen molar-refractivity contribution < 1.29 is 9.47 Å². The lowest BCUT2D eigenvalue weighted by Gasteiger charge is -2.19. The van der Waals surface area contributed by atoms with Gasteiger partial charge in [0.15, 0.2) is 23.0 Å². The van der Waals surface area contributed by atoms with Crippen molar-refractivity contribution >= 4 is 5.65 Å². The van der Waals surface area contributed by atoms with Gasteiger partial charge in [0.05, 0.1) is 14.2 Å². The Labute approximate surface area is 146 Å². The Balaban J connectivity index is 1.74. The number of hydrogen-bond acceptors (Lipinski definition) is 5. The van der Waals surface area contributed by atoms with E-state index < -0.39 is 0 Å². The molecule has 130 valence electrons.